The van der Waals surface area contributed by atoms with Gasteiger partial charge in [0.25, 0.3) is 0 Å². The fraction of sp³-hybridized carbons (Fsp3) is 0.786. The van der Waals surface area contributed by atoms with E-state index in [0.29, 0.717) is 32.4 Å². The molecule has 21 heavy (non-hydrogen) atoms. The van der Waals surface area contributed by atoms with Gasteiger partial charge in [-0.2, -0.15) is 0 Å². The fourth-order valence-electron chi connectivity index (χ4n) is 2.20. The Kier molecular flexibility index (Phi) is 6.45. The number of carbonyl (C=O) groups excluding carboxylic acids is 2. The molecule has 1 fully saturated rings. The molecule has 120 valence electrons. The van der Waals surface area contributed by atoms with Crippen LogP contribution in [0.2, 0.25) is 0 Å². The number of rotatable bonds is 7. The van der Waals surface area contributed by atoms with Crippen LogP contribution in [-0.2, 0) is 9.59 Å². The van der Waals surface area contributed by atoms with Crippen LogP contribution in [0, 0.1) is 5.41 Å². The largest absolute Gasteiger partial charge is 0.481 e. The molecule has 4 N–H and O–H groups in total. The molecule has 0 aromatic heterocycles. The van der Waals surface area contributed by atoms with E-state index in [1.165, 1.54) is 0 Å². The van der Waals surface area contributed by atoms with Gasteiger partial charge in [0, 0.05) is 19.5 Å². The zero-order valence-electron chi connectivity index (χ0n) is 12.7. The number of nitrogens with one attached hydrogen (secondary N) is 3. The van der Waals surface area contributed by atoms with Crippen molar-refractivity contribution >= 4 is 17.9 Å². The molecule has 1 unspecified atom stereocenters. The second kappa shape index (κ2) is 7.85. The average Bonchev–Trinajstić information content (AvgIpc) is 2.39. The maximum Gasteiger partial charge on any atom is 0.315 e. The summed E-state index contributed by atoms with van der Waals surface area (Å²) in [5, 5.41) is 16.8. The minimum atomic E-state index is -0.808. The number of carbonyl (C=O) groups is 3. The molecule has 7 nitrogen and oxygen atoms in total. The summed E-state index contributed by atoms with van der Waals surface area (Å²) in [6, 6.07) is -0.815. The van der Waals surface area contributed by atoms with Crippen LogP contribution in [0.3, 0.4) is 0 Å². The molecule has 1 aliphatic heterocycles. The lowest BCUT2D eigenvalue weighted by Crippen LogP contribution is -2.52. The van der Waals surface area contributed by atoms with E-state index in [1.54, 1.807) is 0 Å². The van der Waals surface area contributed by atoms with E-state index in [0.717, 1.165) is 6.42 Å². The monoisotopic (exact) mass is 299 g/mol. The highest BCUT2D eigenvalue weighted by Gasteiger charge is 2.24. The van der Waals surface area contributed by atoms with Crippen LogP contribution < -0.4 is 16.0 Å². The van der Waals surface area contributed by atoms with Crippen molar-refractivity contribution in [1.82, 2.24) is 16.0 Å². The van der Waals surface area contributed by atoms with Gasteiger partial charge in [-0.25, -0.2) is 4.79 Å². The molecule has 0 aromatic carbocycles. The molecular formula is C14H25N3O4. The molecule has 0 radical (unpaired) electrons. The molecule has 0 bridgehead atoms. The smallest absolute Gasteiger partial charge is 0.315 e. The second-order valence-electron chi connectivity index (χ2n) is 6.19. The third-order valence-electron chi connectivity index (χ3n) is 3.69. The van der Waals surface area contributed by atoms with Crippen molar-refractivity contribution in [2.75, 3.05) is 13.1 Å². The van der Waals surface area contributed by atoms with Gasteiger partial charge in [-0.1, -0.05) is 13.8 Å². The lowest BCUT2D eigenvalue weighted by molar-refractivity contribution is -0.137. The van der Waals surface area contributed by atoms with Crippen LogP contribution in [0.5, 0.6) is 0 Å². The Hall–Kier alpha value is -1.79. The number of amides is 3. The van der Waals surface area contributed by atoms with Crippen LogP contribution in [0.4, 0.5) is 4.79 Å². The highest BCUT2D eigenvalue weighted by molar-refractivity contribution is 5.87. The number of aliphatic carboxylic acids is 1. The molecule has 1 atom stereocenters. The van der Waals surface area contributed by atoms with Crippen molar-refractivity contribution in [2.45, 2.75) is 52.0 Å². The molecule has 0 aromatic rings. The van der Waals surface area contributed by atoms with Crippen molar-refractivity contribution in [1.29, 1.82) is 0 Å². The van der Waals surface area contributed by atoms with E-state index in [-0.39, 0.29) is 23.8 Å². The average molecular weight is 299 g/mol. The van der Waals surface area contributed by atoms with E-state index in [9.17, 15) is 14.4 Å². The number of piperidine rings is 1. The number of hydrogen-bond acceptors (Lipinski definition) is 3. The molecule has 0 aliphatic carbocycles. The molecule has 7 heteroatoms. The summed E-state index contributed by atoms with van der Waals surface area (Å²) in [5.41, 5.74) is -0.145. The first-order valence-electron chi connectivity index (χ1n) is 7.34. The van der Waals surface area contributed by atoms with Crippen LogP contribution in [0.1, 0.15) is 46.0 Å². The van der Waals surface area contributed by atoms with Gasteiger partial charge >= 0.3 is 12.0 Å². The predicted molar refractivity (Wildman–Crippen MR) is 77.8 cm³/mol. The summed E-state index contributed by atoms with van der Waals surface area (Å²) < 4.78 is 0. The van der Waals surface area contributed by atoms with Gasteiger partial charge in [0.2, 0.25) is 5.91 Å². The SMILES string of the molecule is CC(C)(CCNC(=O)NC1CCCNC1=O)CCC(=O)O. The molecule has 1 heterocycles. The van der Waals surface area contributed by atoms with Gasteiger partial charge in [0.15, 0.2) is 0 Å². The van der Waals surface area contributed by atoms with Gasteiger partial charge in [-0.05, 0) is 31.1 Å². The van der Waals surface area contributed by atoms with Crippen LogP contribution in [0.25, 0.3) is 0 Å². The summed E-state index contributed by atoms with van der Waals surface area (Å²) in [5.74, 6) is -0.949. The zero-order valence-corrected chi connectivity index (χ0v) is 12.7. The van der Waals surface area contributed by atoms with E-state index in [2.05, 4.69) is 16.0 Å². The summed E-state index contributed by atoms with van der Waals surface area (Å²) in [4.78, 5) is 33.8. The van der Waals surface area contributed by atoms with E-state index in [4.69, 9.17) is 5.11 Å². The van der Waals surface area contributed by atoms with E-state index in [1.807, 2.05) is 13.8 Å². The first kappa shape index (κ1) is 17.3. The van der Waals surface area contributed by atoms with Crippen LogP contribution in [-0.4, -0.2) is 42.1 Å². The third-order valence-corrected chi connectivity index (χ3v) is 3.69. The first-order valence-corrected chi connectivity index (χ1v) is 7.34. The van der Waals surface area contributed by atoms with E-state index < -0.39 is 12.0 Å². The Bertz CT molecular complexity index is 396. The Morgan fingerprint density at radius 3 is 2.71 bits per heavy atom. The van der Waals surface area contributed by atoms with Gasteiger partial charge in [0.1, 0.15) is 6.04 Å². The van der Waals surface area contributed by atoms with Gasteiger partial charge < -0.3 is 21.1 Å². The third kappa shape index (κ3) is 6.97. The lowest BCUT2D eigenvalue weighted by atomic mass is 9.84. The lowest BCUT2D eigenvalue weighted by Gasteiger charge is -2.25. The highest BCUT2D eigenvalue weighted by atomic mass is 16.4. The molecule has 3 amide bonds. The van der Waals surface area contributed by atoms with Crippen molar-refractivity contribution in [3.63, 3.8) is 0 Å². The van der Waals surface area contributed by atoms with Gasteiger partial charge in [-0.3, -0.25) is 9.59 Å². The zero-order chi connectivity index (χ0) is 15.9. The Labute approximate surface area is 124 Å². The number of urea groups is 1. The highest BCUT2D eigenvalue weighted by Crippen LogP contribution is 2.25. The molecular weight excluding hydrogens is 274 g/mol. The predicted octanol–water partition coefficient (Wildman–Crippen LogP) is 0.845. The molecule has 0 spiro atoms. The van der Waals surface area contributed by atoms with Gasteiger partial charge in [0.05, 0.1) is 0 Å². The summed E-state index contributed by atoms with van der Waals surface area (Å²) >= 11 is 0. The van der Waals surface area contributed by atoms with Crippen molar-refractivity contribution in [2.24, 2.45) is 5.41 Å². The molecule has 1 rings (SSSR count). The van der Waals surface area contributed by atoms with Gasteiger partial charge in [-0.15, -0.1) is 0 Å². The Morgan fingerprint density at radius 2 is 2.10 bits per heavy atom. The second-order valence-corrected chi connectivity index (χ2v) is 6.19. The van der Waals surface area contributed by atoms with Crippen molar-refractivity contribution in [3.8, 4) is 0 Å². The van der Waals surface area contributed by atoms with Crippen molar-refractivity contribution < 1.29 is 19.5 Å². The molecule has 1 aliphatic rings. The summed E-state index contributed by atoms with van der Waals surface area (Å²) in [6.45, 7) is 5.07. The minimum absolute atomic E-state index is 0.126. The number of carboxylic acid groups (broad SMARTS) is 1. The van der Waals surface area contributed by atoms with E-state index >= 15 is 0 Å². The molecule has 0 saturated carbocycles. The quantitative estimate of drug-likeness (QED) is 0.559. The fourth-order valence-corrected chi connectivity index (χ4v) is 2.20. The summed E-state index contributed by atoms with van der Waals surface area (Å²) in [7, 11) is 0. The number of hydrogen-bond donors (Lipinski definition) is 4. The minimum Gasteiger partial charge on any atom is -0.481 e. The van der Waals surface area contributed by atoms with Crippen molar-refractivity contribution in [3.05, 3.63) is 0 Å². The first-order chi connectivity index (χ1) is 9.80. The standard InChI is InChI=1S/C14H25N3O4/c1-14(2,6-5-11(18)19)7-9-16-13(21)17-10-4-3-8-15-12(10)20/h10H,3-9H2,1-2H3,(H,15,20)(H,18,19)(H2,16,17,21). The Balaban J connectivity index is 2.23. The maximum atomic E-state index is 11.7. The molecule has 1 saturated heterocycles. The topological polar surface area (TPSA) is 108 Å². The van der Waals surface area contributed by atoms with Crippen LogP contribution in [0.15, 0.2) is 0 Å². The summed E-state index contributed by atoms with van der Waals surface area (Å²) in [6.07, 6.45) is 2.89. The Morgan fingerprint density at radius 1 is 1.38 bits per heavy atom. The van der Waals surface area contributed by atoms with Crippen LogP contribution >= 0.6 is 0 Å². The maximum absolute atomic E-state index is 11.7. The number of carboxylic acids is 1. The normalized spacial score (nSPS) is 18.8.